The number of carbonyl (C=O) groups excluding carboxylic acids is 3. The SMILES string of the molecule is O=C(NCCN1C(=O)CSC1=O)c1coc(-c2ccc(Cl)c(Cl)c2)n1. The Labute approximate surface area is 156 Å². The number of imide groups is 1. The van der Waals surface area contributed by atoms with E-state index < -0.39 is 5.91 Å². The van der Waals surface area contributed by atoms with Crippen molar-refractivity contribution >= 4 is 52.0 Å². The molecule has 25 heavy (non-hydrogen) atoms. The maximum Gasteiger partial charge on any atom is 0.288 e. The average Bonchev–Trinajstić information content (AvgIpc) is 3.19. The topological polar surface area (TPSA) is 92.5 Å². The number of thioether (sulfide) groups is 1. The monoisotopic (exact) mass is 399 g/mol. The van der Waals surface area contributed by atoms with Gasteiger partial charge in [-0.2, -0.15) is 0 Å². The standard InChI is InChI=1S/C15H11Cl2N3O4S/c16-9-2-1-8(5-10(9)17)14-19-11(6-24-14)13(22)18-3-4-20-12(21)7-25-15(20)23/h1-2,5-6H,3-4,7H2,(H,18,22). The Balaban J connectivity index is 1.60. The Bertz CT molecular complexity index is 839. The third-order valence-corrected chi connectivity index (χ3v) is 4.96. The largest absolute Gasteiger partial charge is 0.444 e. The van der Waals surface area contributed by atoms with Crippen LogP contribution in [0.2, 0.25) is 10.0 Å². The van der Waals surface area contributed by atoms with Crippen molar-refractivity contribution in [2.45, 2.75) is 0 Å². The minimum atomic E-state index is -0.471. The van der Waals surface area contributed by atoms with Gasteiger partial charge in [0.05, 0.1) is 15.8 Å². The molecule has 1 saturated heterocycles. The first-order valence-electron chi connectivity index (χ1n) is 7.12. The van der Waals surface area contributed by atoms with Gasteiger partial charge >= 0.3 is 0 Å². The Morgan fingerprint density at radius 3 is 2.80 bits per heavy atom. The summed E-state index contributed by atoms with van der Waals surface area (Å²) in [4.78, 5) is 40.2. The molecule has 3 rings (SSSR count). The van der Waals surface area contributed by atoms with Gasteiger partial charge in [0.25, 0.3) is 11.1 Å². The van der Waals surface area contributed by atoms with Crippen LogP contribution in [0, 0.1) is 0 Å². The lowest BCUT2D eigenvalue weighted by Gasteiger charge is -2.12. The molecule has 130 valence electrons. The van der Waals surface area contributed by atoms with Crippen molar-refractivity contribution in [1.29, 1.82) is 0 Å². The van der Waals surface area contributed by atoms with Gasteiger partial charge in [-0.05, 0) is 18.2 Å². The van der Waals surface area contributed by atoms with Crippen LogP contribution < -0.4 is 5.32 Å². The minimum absolute atomic E-state index is 0.0783. The van der Waals surface area contributed by atoms with E-state index in [4.69, 9.17) is 27.6 Å². The molecule has 1 N–H and O–H groups in total. The van der Waals surface area contributed by atoms with Gasteiger partial charge in [0, 0.05) is 18.7 Å². The van der Waals surface area contributed by atoms with Crippen molar-refractivity contribution in [2.24, 2.45) is 0 Å². The van der Waals surface area contributed by atoms with Gasteiger partial charge in [-0.1, -0.05) is 35.0 Å². The van der Waals surface area contributed by atoms with Crippen molar-refractivity contribution in [3.8, 4) is 11.5 Å². The predicted molar refractivity (Wildman–Crippen MR) is 93.9 cm³/mol. The van der Waals surface area contributed by atoms with Crippen molar-refractivity contribution in [1.82, 2.24) is 15.2 Å². The quantitative estimate of drug-likeness (QED) is 0.830. The third kappa shape index (κ3) is 3.97. The second-order valence-electron chi connectivity index (χ2n) is 5.02. The number of benzene rings is 1. The summed E-state index contributed by atoms with van der Waals surface area (Å²) in [6.07, 6.45) is 1.22. The van der Waals surface area contributed by atoms with Gasteiger partial charge in [-0.3, -0.25) is 19.3 Å². The maximum absolute atomic E-state index is 12.1. The molecule has 3 amide bonds. The highest BCUT2D eigenvalue weighted by atomic mass is 35.5. The molecule has 0 atom stereocenters. The fraction of sp³-hybridized carbons (Fsp3) is 0.200. The summed E-state index contributed by atoms with van der Waals surface area (Å²) in [5.74, 6) is -0.359. The average molecular weight is 400 g/mol. The van der Waals surface area contributed by atoms with Crippen molar-refractivity contribution in [2.75, 3.05) is 18.8 Å². The van der Waals surface area contributed by atoms with E-state index in [0.717, 1.165) is 16.7 Å². The summed E-state index contributed by atoms with van der Waals surface area (Å²) < 4.78 is 5.28. The van der Waals surface area contributed by atoms with E-state index in [1.165, 1.54) is 6.26 Å². The zero-order valence-corrected chi connectivity index (χ0v) is 15.0. The summed E-state index contributed by atoms with van der Waals surface area (Å²) in [6, 6.07) is 4.86. The summed E-state index contributed by atoms with van der Waals surface area (Å²) in [5, 5.41) is 3.04. The van der Waals surface area contributed by atoms with E-state index in [2.05, 4.69) is 10.3 Å². The van der Waals surface area contributed by atoms with E-state index in [1.54, 1.807) is 18.2 Å². The first-order chi connectivity index (χ1) is 12.0. The van der Waals surface area contributed by atoms with Crippen molar-refractivity contribution in [3.05, 3.63) is 40.2 Å². The number of oxazole rings is 1. The van der Waals surface area contributed by atoms with Gasteiger partial charge < -0.3 is 9.73 Å². The number of rotatable bonds is 5. The van der Waals surface area contributed by atoms with E-state index in [1.807, 2.05) is 0 Å². The van der Waals surface area contributed by atoms with Crippen LogP contribution in [-0.4, -0.2) is 45.8 Å². The summed E-state index contributed by atoms with van der Waals surface area (Å²) in [7, 11) is 0. The van der Waals surface area contributed by atoms with Crippen LogP contribution in [-0.2, 0) is 4.79 Å². The van der Waals surface area contributed by atoms with Gasteiger partial charge in [0.1, 0.15) is 6.26 Å². The lowest BCUT2D eigenvalue weighted by atomic mass is 10.2. The molecule has 10 heteroatoms. The number of hydrogen-bond donors (Lipinski definition) is 1. The maximum atomic E-state index is 12.1. The fourth-order valence-corrected chi connectivity index (χ4v) is 3.16. The first-order valence-corrected chi connectivity index (χ1v) is 8.86. The molecule has 0 saturated carbocycles. The fourth-order valence-electron chi connectivity index (χ4n) is 2.11. The molecule has 1 aromatic heterocycles. The molecule has 0 spiro atoms. The molecule has 2 heterocycles. The Kier molecular flexibility index (Phi) is 5.31. The molecule has 0 aliphatic carbocycles. The molecular weight excluding hydrogens is 389 g/mol. The van der Waals surface area contributed by atoms with Crippen molar-refractivity contribution in [3.63, 3.8) is 0 Å². The number of halogens is 2. The van der Waals surface area contributed by atoms with E-state index in [9.17, 15) is 14.4 Å². The van der Waals surface area contributed by atoms with E-state index >= 15 is 0 Å². The number of carbonyl (C=O) groups is 3. The number of aromatic nitrogens is 1. The highest BCUT2D eigenvalue weighted by Gasteiger charge is 2.29. The van der Waals surface area contributed by atoms with E-state index in [0.29, 0.717) is 15.6 Å². The number of amides is 3. The molecule has 0 bridgehead atoms. The van der Waals surface area contributed by atoms with Crippen molar-refractivity contribution < 1.29 is 18.8 Å². The molecule has 0 unspecified atom stereocenters. The molecule has 1 aliphatic rings. The summed E-state index contributed by atoms with van der Waals surface area (Å²) in [6.45, 7) is 0.250. The van der Waals surface area contributed by atoms with Gasteiger partial charge in [0.2, 0.25) is 11.8 Å². The molecule has 1 aromatic carbocycles. The van der Waals surface area contributed by atoms with Gasteiger partial charge in [-0.25, -0.2) is 4.98 Å². The summed E-state index contributed by atoms with van der Waals surface area (Å²) in [5.41, 5.74) is 0.660. The Morgan fingerprint density at radius 2 is 2.12 bits per heavy atom. The smallest absolute Gasteiger partial charge is 0.288 e. The van der Waals surface area contributed by atoms with Gasteiger partial charge in [0.15, 0.2) is 5.69 Å². The molecule has 7 nitrogen and oxygen atoms in total. The predicted octanol–water partition coefficient (Wildman–Crippen LogP) is 3.07. The van der Waals surface area contributed by atoms with E-state index in [-0.39, 0.29) is 41.6 Å². The zero-order valence-electron chi connectivity index (χ0n) is 12.6. The molecule has 1 fully saturated rings. The van der Waals surface area contributed by atoms with Crippen LogP contribution in [0.3, 0.4) is 0 Å². The Morgan fingerprint density at radius 1 is 1.32 bits per heavy atom. The van der Waals surface area contributed by atoms with Crippen LogP contribution in [0.25, 0.3) is 11.5 Å². The van der Waals surface area contributed by atoms with Crippen LogP contribution in [0.5, 0.6) is 0 Å². The summed E-state index contributed by atoms with van der Waals surface area (Å²) >= 11 is 12.7. The second kappa shape index (κ2) is 7.47. The van der Waals surface area contributed by atoms with Crippen LogP contribution >= 0.6 is 35.0 Å². The number of nitrogens with zero attached hydrogens (tertiary/aromatic N) is 2. The molecule has 2 aromatic rings. The highest BCUT2D eigenvalue weighted by Crippen LogP contribution is 2.28. The van der Waals surface area contributed by atoms with Crippen LogP contribution in [0.15, 0.2) is 28.9 Å². The first kappa shape index (κ1) is 17.8. The highest BCUT2D eigenvalue weighted by molar-refractivity contribution is 8.14. The Hall–Kier alpha value is -2.03. The van der Waals surface area contributed by atoms with Gasteiger partial charge in [-0.15, -0.1) is 0 Å². The normalized spacial score (nSPS) is 14.2. The number of nitrogens with one attached hydrogen (secondary N) is 1. The zero-order chi connectivity index (χ0) is 18.0. The third-order valence-electron chi connectivity index (χ3n) is 3.36. The van der Waals surface area contributed by atoms with Crippen LogP contribution in [0.1, 0.15) is 10.5 Å². The second-order valence-corrected chi connectivity index (χ2v) is 6.76. The lowest BCUT2D eigenvalue weighted by molar-refractivity contribution is -0.124. The molecular formula is C15H11Cl2N3O4S. The molecule has 1 aliphatic heterocycles. The molecule has 0 radical (unpaired) electrons. The lowest BCUT2D eigenvalue weighted by Crippen LogP contribution is -2.37. The van der Waals surface area contributed by atoms with Crippen LogP contribution in [0.4, 0.5) is 4.79 Å². The number of hydrogen-bond acceptors (Lipinski definition) is 6. The minimum Gasteiger partial charge on any atom is -0.444 e.